The van der Waals surface area contributed by atoms with E-state index in [1.165, 1.54) is 25.1 Å². The van der Waals surface area contributed by atoms with Crippen LogP contribution >= 0.6 is 11.6 Å². The molecule has 4 rings (SSSR count). The zero-order valence-corrected chi connectivity index (χ0v) is 16.6. The monoisotopic (exact) mass is 386 g/mol. The molecule has 0 bridgehead atoms. The number of rotatable bonds is 4. The fourth-order valence-corrected chi connectivity index (χ4v) is 4.68. The molecule has 1 aromatic heterocycles. The second-order valence-corrected chi connectivity index (χ2v) is 8.32. The van der Waals surface area contributed by atoms with Gasteiger partial charge in [-0.05, 0) is 61.4 Å². The molecular formula is C21H27ClN4O. The van der Waals surface area contributed by atoms with Crippen molar-refractivity contribution in [1.82, 2.24) is 19.6 Å². The number of hydrogen-bond acceptors (Lipinski definition) is 3. The summed E-state index contributed by atoms with van der Waals surface area (Å²) in [5.74, 6) is 1.60. The summed E-state index contributed by atoms with van der Waals surface area (Å²) in [6, 6.07) is 10.00. The van der Waals surface area contributed by atoms with E-state index < -0.39 is 0 Å². The molecule has 2 fully saturated rings. The average Bonchev–Trinajstić information content (AvgIpc) is 3.32. The molecule has 2 aliphatic rings. The quantitative estimate of drug-likeness (QED) is 0.808. The predicted octanol–water partition coefficient (Wildman–Crippen LogP) is 3.45. The number of nitrogens with zero attached hydrogens (tertiary/aromatic N) is 4. The number of halogens is 1. The number of likely N-dealkylation sites (tertiary alicyclic amines) is 2. The molecule has 3 heterocycles. The summed E-state index contributed by atoms with van der Waals surface area (Å²) >= 11 is 5.98. The number of aromatic nitrogens is 2. The highest BCUT2D eigenvalue weighted by Crippen LogP contribution is 2.32. The molecule has 2 aromatic rings. The Morgan fingerprint density at radius 1 is 1.07 bits per heavy atom. The molecule has 1 atom stereocenters. The summed E-state index contributed by atoms with van der Waals surface area (Å²) in [5.41, 5.74) is 2.01. The van der Waals surface area contributed by atoms with Crippen molar-refractivity contribution in [3.63, 3.8) is 0 Å². The number of piperidine rings is 1. The van der Waals surface area contributed by atoms with E-state index in [4.69, 9.17) is 11.6 Å². The third-order valence-electron chi connectivity index (χ3n) is 6.16. The van der Waals surface area contributed by atoms with E-state index in [0.717, 1.165) is 49.3 Å². The molecular weight excluding hydrogens is 360 g/mol. The first kappa shape index (κ1) is 18.5. The molecule has 2 saturated heterocycles. The van der Waals surface area contributed by atoms with Crippen LogP contribution in [0.4, 0.5) is 0 Å². The van der Waals surface area contributed by atoms with Crippen molar-refractivity contribution < 1.29 is 4.79 Å². The van der Waals surface area contributed by atoms with E-state index in [0.29, 0.717) is 5.69 Å². The highest BCUT2D eigenvalue weighted by atomic mass is 35.5. The highest BCUT2D eigenvalue weighted by molar-refractivity contribution is 6.30. The summed E-state index contributed by atoms with van der Waals surface area (Å²) in [6.07, 6.45) is 5.19. The van der Waals surface area contributed by atoms with Crippen LogP contribution in [0, 0.1) is 11.8 Å². The van der Waals surface area contributed by atoms with Crippen molar-refractivity contribution >= 4 is 17.5 Å². The van der Waals surface area contributed by atoms with Crippen LogP contribution in [0.15, 0.2) is 36.5 Å². The molecule has 27 heavy (non-hydrogen) atoms. The van der Waals surface area contributed by atoms with Crippen molar-refractivity contribution in [1.29, 1.82) is 0 Å². The lowest BCUT2D eigenvalue weighted by Crippen LogP contribution is -2.41. The number of carbonyl (C=O) groups is 1. The molecule has 2 aliphatic heterocycles. The van der Waals surface area contributed by atoms with Crippen LogP contribution in [0.2, 0.25) is 5.02 Å². The van der Waals surface area contributed by atoms with Gasteiger partial charge in [0.1, 0.15) is 5.69 Å². The van der Waals surface area contributed by atoms with Gasteiger partial charge in [-0.25, -0.2) is 0 Å². The van der Waals surface area contributed by atoms with Crippen molar-refractivity contribution in [2.24, 2.45) is 18.9 Å². The lowest BCUT2D eigenvalue weighted by Gasteiger charge is -2.35. The van der Waals surface area contributed by atoms with Crippen LogP contribution in [0.5, 0.6) is 0 Å². The highest BCUT2D eigenvalue weighted by Gasteiger charge is 2.33. The van der Waals surface area contributed by atoms with Crippen molar-refractivity contribution in [3.05, 3.63) is 52.8 Å². The van der Waals surface area contributed by atoms with Crippen LogP contribution < -0.4 is 0 Å². The summed E-state index contributed by atoms with van der Waals surface area (Å²) in [6.45, 7) is 5.07. The normalized spacial score (nSPS) is 21.7. The fourth-order valence-electron chi connectivity index (χ4n) is 4.56. The molecule has 1 amide bonds. The van der Waals surface area contributed by atoms with Gasteiger partial charge in [-0.2, -0.15) is 5.10 Å². The molecule has 5 nitrogen and oxygen atoms in total. The number of hydrogen-bond donors (Lipinski definition) is 0. The number of carbonyl (C=O) groups excluding carboxylic acids is 1. The molecule has 6 heteroatoms. The minimum Gasteiger partial charge on any atom is -0.337 e. The Labute approximate surface area is 165 Å². The van der Waals surface area contributed by atoms with Gasteiger partial charge in [-0.15, -0.1) is 0 Å². The number of aryl methyl sites for hydroxylation is 1. The van der Waals surface area contributed by atoms with E-state index in [9.17, 15) is 4.79 Å². The first-order valence-electron chi connectivity index (χ1n) is 9.84. The Balaban J connectivity index is 1.27. The van der Waals surface area contributed by atoms with Crippen molar-refractivity contribution in [2.75, 3.05) is 26.2 Å². The second kappa shape index (κ2) is 8.03. The molecule has 1 aromatic carbocycles. The Morgan fingerprint density at radius 3 is 2.44 bits per heavy atom. The van der Waals surface area contributed by atoms with Crippen LogP contribution in [0.1, 0.15) is 35.3 Å². The number of benzene rings is 1. The molecule has 0 aliphatic carbocycles. The topological polar surface area (TPSA) is 41.4 Å². The lowest BCUT2D eigenvalue weighted by atomic mass is 9.83. The van der Waals surface area contributed by atoms with E-state index in [-0.39, 0.29) is 5.91 Å². The van der Waals surface area contributed by atoms with E-state index in [2.05, 4.69) is 22.1 Å². The number of amides is 1. The van der Waals surface area contributed by atoms with Gasteiger partial charge in [0.05, 0.1) is 0 Å². The van der Waals surface area contributed by atoms with Gasteiger partial charge in [0.2, 0.25) is 0 Å². The SMILES string of the molecule is Cn1nccc1C(=O)N1CCC([C@@H]2CCN(Cc3ccc(Cl)cc3)C2)CC1. The summed E-state index contributed by atoms with van der Waals surface area (Å²) in [7, 11) is 1.83. The maximum Gasteiger partial charge on any atom is 0.272 e. The van der Waals surface area contributed by atoms with Crippen LogP contribution in [-0.2, 0) is 13.6 Å². The minimum absolute atomic E-state index is 0.115. The zero-order valence-electron chi connectivity index (χ0n) is 15.9. The maximum atomic E-state index is 12.6. The van der Waals surface area contributed by atoms with Gasteiger partial charge in [-0.1, -0.05) is 23.7 Å². The molecule has 0 saturated carbocycles. The summed E-state index contributed by atoms with van der Waals surface area (Å²) < 4.78 is 1.67. The Kier molecular flexibility index (Phi) is 5.50. The van der Waals surface area contributed by atoms with Gasteiger partial charge in [-0.3, -0.25) is 14.4 Å². The smallest absolute Gasteiger partial charge is 0.272 e. The molecule has 0 spiro atoms. The third kappa shape index (κ3) is 4.19. The summed E-state index contributed by atoms with van der Waals surface area (Å²) in [4.78, 5) is 17.2. The molecule has 0 unspecified atom stereocenters. The van der Waals surface area contributed by atoms with Gasteiger partial charge >= 0.3 is 0 Å². The van der Waals surface area contributed by atoms with E-state index in [1.54, 1.807) is 16.9 Å². The van der Waals surface area contributed by atoms with Gasteiger partial charge in [0.15, 0.2) is 0 Å². The van der Waals surface area contributed by atoms with Crippen LogP contribution in [-0.4, -0.2) is 51.7 Å². The fraction of sp³-hybridized carbons (Fsp3) is 0.524. The summed E-state index contributed by atoms with van der Waals surface area (Å²) in [5, 5.41) is 4.91. The largest absolute Gasteiger partial charge is 0.337 e. The van der Waals surface area contributed by atoms with Crippen molar-refractivity contribution in [2.45, 2.75) is 25.8 Å². The third-order valence-corrected chi connectivity index (χ3v) is 6.41. The van der Waals surface area contributed by atoms with Crippen LogP contribution in [0.25, 0.3) is 0 Å². The first-order valence-corrected chi connectivity index (χ1v) is 10.2. The van der Waals surface area contributed by atoms with Gasteiger partial charge < -0.3 is 4.90 Å². The average molecular weight is 387 g/mol. The maximum absolute atomic E-state index is 12.6. The first-order chi connectivity index (χ1) is 13.1. The van der Waals surface area contributed by atoms with Crippen LogP contribution in [0.3, 0.4) is 0 Å². The second-order valence-electron chi connectivity index (χ2n) is 7.88. The Hall–Kier alpha value is -1.85. The van der Waals surface area contributed by atoms with Crippen molar-refractivity contribution in [3.8, 4) is 0 Å². The van der Waals surface area contributed by atoms with Gasteiger partial charge in [0, 0.05) is 44.4 Å². The molecule has 144 valence electrons. The Bertz CT molecular complexity index is 780. The van der Waals surface area contributed by atoms with E-state index in [1.807, 2.05) is 24.1 Å². The minimum atomic E-state index is 0.115. The molecule has 0 radical (unpaired) electrons. The predicted molar refractivity (Wildman–Crippen MR) is 107 cm³/mol. The van der Waals surface area contributed by atoms with Gasteiger partial charge in [0.25, 0.3) is 5.91 Å². The molecule has 0 N–H and O–H groups in total. The van der Waals surface area contributed by atoms with E-state index >= 15 is 0 Å². The Morgan fingerprint density at radius 2 is 1.78 bits per heavy atom. The lowest BCUT2D eigenvalue weighted by molar-refractivity contribution is 0.0648. The zero-order chi connectivity index (χ0) is 18.8. The standard InChI is InChI=1S/C21H27ClN4O/c1-24-20(6-10-23-24)21(27)26-12-8-17(9-13-26)18-7-11-25(15-18)14-16-2-4-19(22)5-3-16/h2-6,10,17-18H,7-9,11-15H2,1H3/t18-/m1/s1.